The van der Waals surface area contributed by atoms with Crippen LogP contribution in [0.4, 0.5) is 0 Å². The number of hydrogen-bond donors (Lipinski definition) is 0. The van der Waals surface area contributed by atoms with Gasteiger partial charge in [-0.05, 0) is 155 Å². The third kappa shape index (κ3) is 4.60. The van der Waals surface area contributed by atoms with Crippen LogP contribution in [0.2, 0.25) is 0 Å². The normalized spacial score (nSPS) is 14.9. The molecule has 4 aliphatic rings. The summed E-state index contributed by atoms with van der Waals surface area (Å²) >= 11 is 0. The highest BCUT2D eigenvalue weighted by Crippen LogP contribution is 2.37. The molecule has 55 heavy (non-hydrogen) atoms. The zero-order valence-electron chi connectivity index (χ0n) is 30.5. The van der Waals surface area contributed by atoms with Gasteiger partial charge in [0.05, 0.1) is 11.0 Å². The van der Waals surface area contributed by atoms with E-state index in [-0.39, 0.29) is 0 Å². The van der Waals surface area contributed by atoms with Crippen LogP contribution in [-0.2, 0) is 12.8 Å². The van der Waals surface area contributed by atoms with Gasteiger partial charge >= 0.3 is 0 Å². The van der Waals surface area contributed by atoms with E-state index in [2.05, 4.69) is 181 Å². The quantitative estimate of drug-likeness (QED) is 0.173. The Kier molecular flexibility index (Phi) is 6.65. The average Bonchev–Trinajstić information content (AvgIpc) is 3.60. The third-order valence-electron chi connectivity index (χ3n) is 12.4. The molecule has 258 valence electrons. The predicted molar refractivity (Wildman–Crippen MR) is 236 cm³/mol. The topological polar surface area (TPSA) is 4.93 Å². The van der Waals surface area contributed by atoms with Gasteiger partial charge in [0.1, 0.15) is 0 Å². The SMILES string of the molecule is C1=CCc2c3c(c4cc(-c5cc(-c6ccc7c8c(c9c(c7c6)=CC=CC9)C=CCC=8)cc(-n6c7ccccc7c7ccccc76)c5)ccc4c2=C1)=CCC=C3. The molecule has 0 fully saturated rings. The first-order chi connectivity index (χ1) is 27.3. The maximum absolute atomic E-state index is 2.47. The Morgan fingerprint density at radius 3 is 1.51 bits per heavy atom. The standard InChI is InChI=1S/C54H37N/c1-3-17-43-39(13-1)41-15-5-7-19-45(41)51-32-34(25-27-47(43)51)36-29-37(31-38(30-36)55-53-23-11-9-21-49(53)50-22-10-12-24-54(50)55)35-26-28-48-44-18-4-2-14-40(44)42-16-6-8-20-46(42)52(48)33-35/h1-3,5-6,8-12,14-15,17-33H,4,7,13,16H2. The van der Waals surface area contributed by atoms with Crippen molar-refractivity contribution in [2.75, 3.05) is 0 Å². The lowest BCUT2D eigenvalue weighted by Gasteiger charge is -2.18. The van der Waals surface area contributed by atoms with Gasteiger partial charge in [0.25, 0.3) is 0 Å². The molecule has 0 atom stereocenters. The Hall–Kier alpha value is -6.70. The smallest absolute Gasteiger partial charge is 0.0541 e. The molecule has 0 amide bonds. The van der Waals surface area contributed by atoms with Crippen LogP contribution in [0, 0.1) is 0 Å². The number of fused-ring (bicyclic) bond motifs is 15. The number of benzene rings is 7. The molecule has 1 aromatic heterocycles. The fraction of sp³-hybridized carbons (Fsp3) is 0.0741. The minimum atomic E-state index is 0.966. The second-order valence-electron chi connectivity index (χ2n) is 15.4. The zero-order chi connectivity index (χ0) is 36.0. The minimum Gasteiger partial charge on any atom is -0.309 e. The maximum atomic E-state index is 2.47. The molecule has 0 saturated carbocycles. The molecule has 0 N–H and O–H groups in total. The predicted octanol–water partition coefficient (Wildman–Crippen LogP) is 10.6. The fourth-order valence-electron chi connectivity index (χ4n) is 9.95. The Bertz CT molecular complexity index is 3360. The maximum Gasteiger partial charge on any atom is 0.0541 e. The van der Waals surface area contributed by atoms with Crippen LogP contribution in [0.15, 0.2) is 140 Å². The number of allylic oxidation sites excluding steroid dienone is 6. The van der Waals surface area contributed by atoms with Gasteiger partial charge in [-0.15, -0.1) is 0 Å². The Morgan fingerprint density at radius 1 is 0.400 bits per heavy atom. The van der Waals surface area contributed by atoms with Crippen molar-refractivity contribution in [3.05, 3.63) is 183 Å². The summed E-state index contributed by atoms with van der Waals surface area (Å²) in [5, 5.41) is 13.4. The summed E-state index contributed by atoms with van der Waals surface area (Å²) in [5.74, 6) is 0. The monoisotopic (exact) mass is 699 g/mol. The van der Waals surface area contributed by atoms with Crippen LogP contribution >= 0.6 is 0 Å². The first-order valence-corrected chi connectivity index (χ1v) is 19.7. The molecule has 0 aliphatic heterocycles. The number of para-hydroxylation sites is 2. The van der Waals surface area contributed by atoms with Crippen LogP contribution < -0.4 is 20.9 Å². The summed E-state index contributed by atoms with van der Waals surface area (Å²) in [6.45, 7) is 0. The Balaban J connectivity index is 1.15. The third-order valence-corrected chi connectivity index (χ3v) is 12.4. The molecular formula is C54H37N. The van der Waals surface area contributed by atoms with E-state index in [9.17, 15) is 0 Å². The van der Waals surface area contributed by atoms with Gasteiger partial charge in [0.15, 0.2) is 0 Å². The second kappa shape index (κ2) is 11.9. The second-order valence-corrected chi connectivity index (χ2v) is 15.4. The van der Waals surface area contributed by atoms with Gasteiger partial charge in [-0.25, -0.2) is 0 Å². The summed E-state index contributed by atoms with van der Waals surface area (Å²) < 4.78 is 2.47. The van der Waals surface area contributed by atoms with Crippen LogP contribution in [0.5, 0.6) is 0 Å². The molecule has 0 saturated heterocycles. The van der Waals surface area contributed by atoms with Crippen LogP contribution in [-0.4, -0.2) is 4.57 Å². The minimum absolute atomic E-state index is 0.966. The summed E-state index contributed by atoms with van der Waals surface area (Å²) in [7, 11) is 0. The fourth-order valence-corrected chi connectivity index (χ4v) is 9.95. The van der Waals surface area contributed by atoms with Gasteiger partial charge < -0.3 is 4.57 Å². The van der Waals surface area contributed by atoms with Crippen molar-refractivity contribution in [3.63, 3.8) is 0 Å². The highest BCUT2D eigenvalue weighted by atomic mass is 15.0. The van der Waals surface area contributed by atoms with E-state index in [0.29, 0.717) is 0 Å². The first-order valence-electron chi connectivity index (χ1n) is 19.7. The van der Waals surface area contributed by atoms with Gasteiger partial charge in [0, 0.05) is 16.5 Å². The zero-order valence-corrected chi connectivity index (χ0v) is 30.5. The lowest BCUT2D eigenvalue weighted by atomic mass is 9.86. The summed E-state index contributed by atoms with van der Waals surface area (Å²) in [6.07, 6.45) is 31.7. The highest BCUT2D eigenvalue weighted by molar-refractivity contribution is 6.09. The van der Waals surface area contributed by atoms with Gasteiger partial charge in [0.2, 0.25) is 0 Å². The van der Waals surface area contributed by atoms with E-state index in [1.165, 1.54) is 114 Å². The van der Waals surface area contributed by atoms with E-state index in [4.69, 9.17) is 0 Å². The van der Waals surface area contributed by atoms with E-state index >= 15 is 0 Å². The molecular weight excluding hydrogens is 663 g/mol. The Morgan fingerprint density at radius 2 is 0.909 bits per heavy atom. The average molecular weight is 700 g/mol. The lowest BCUT2D eigenvalue weighted by Crippen LogP contribution is -2.24. The lowest BCUT2D eigenvalue weighted by molar-refractivity contribution is 1.18. The molecule has 4 aliphatic carbocycles. The highest BCUT2D eigenvalue weighted by Gasteiger charge is 2.18. The molecule has 0 radical (unpaired) electrons. The van der Waals surface area contributed by atoms with E-state index in [0.717, 1.165) is 25.7 Å². The van der Waals surface area contributed by atoms with Gasteiger partial charge in [-0.1, -0.05) is 134 Å². The van der Waals surface area contributed by atoms with Crippen molar-refractivity contribution < 1.29 is 0 Å². The van der Waals surface area contributed by atoms with E-state index in [1.54, 1.807) is 0 Å². The molecule has 1 heterocycles. The Labute approximate surface area is 319 Å². The number of rotatable bonds is 3. The summed E-state index contributed by atoms with van der Waals surface area (Å²) in [5.41, 5.74) is 14.2. The van der Waals surface area contributed by atoms with Crippen molar-refractivity contribution in [2.24, 2.45) is 0 Å². The molecule has 0 bridgehead atoms. The van der Waals surface area contributed by atoms with Gasteiger partial charge in [-0.3, -0.25) is 0 Å². The van der Waals surface area contributed by atoms with Crippen molar-refractivity contribution in [1.29, 1.82) is 0 Å². The van der Waals surface area contributed by atoms with Crippen molar-refractivity contribution in [3.8, 4) is 27.9 Å². The van der Waals surface area contributed by atoms with Crippen LogP contribution in [0.25, 0.3) is 108 Å². The van der Waals surface area contributed by atoms with Crippen LogP contribution in [0.1, 0.15) is 35.1 Å². The van der Waals surface area contributed by atoms with Crippen molar-refractivity contribution in [2.45, 2.75) is 25.7 Å². The molecule has 1 heteroatoms. The number of aromatic nitrogens is 1. The largest absolute Gasteiger partial charge is 0.309 e. The van der Waals surface area contributed by atoms with Crippen molar-refractivity contribution >= 4 is 79.8 Å². The van der Waals surface area contributed by atoms with E-state index < -0.39 is 0 Å². The van der Waals surface area contributed by atoms with E-state index in [1.807, 2.05) is 0 Å². The first kappa shape index (κ1) is 30.7. The molecule has 1 nitrogen and oxygen atoms in total. The van der Waals surface area contributed by atoms with Crippen molar-refractivity contribution in [1.82, 2.24) is 4.57 Å². The van der Waals surface area contributed by atoms with Gasteiger partial charge in [-0.2, -0.15) is 0 Å². The molecule has 0 unspecified atom stereocenters. The molecule has 8 aromatic rings. The molecule has 0 spiro atoms. The van der Waals surface area contributed by atoms with Crippen LogP contribution in [0.3, 0.4) is 0 Å². The summed E-state index contributed by atoms with van der Waals surface area (Å²) in [4.78, 5) is 0. The summed E-state index contributed by atoms with van der Waals surface area (Å²) in [6, 6.07) is 39.3. The number of nitrogens with zero attached hydrogens (tertiary/aromatic N) is 1. The molecule has 7 aromatic carbocycles. The number of hydrogen-bond acceptors (Lipinski definition) is 0. The molecule has 12 rings (SSSR count).